The molecule has 0 atom stereocenters. The zero-order chi connectivity index (χ0) is 12.7. The Morgan fingerprint density at radius 1 is 1.00 bits per heavy atom. The molecule has 0 radical (unpaired) electrons. The first-order chi connectivity index (χ1) is 8.61. The highest BCUT2D eigenvalue weighted by atomic mass is 16.4. The van der Waals surface area contributed by atoms with Gasteiger partial charge >= 0.3 is 12.0 Å². The molecule has 2 amide bonds. The summed E-state index contributed by atoms with van der Waals surface area (Å²) < 4.78 is 0. The van der Waals surface area contributed by atoms with Gasteiger partial charge in [-0.3, -0.25) is 4.79 Å². The van der Waals surface area contributed by atoms with Gasteiger partial charge in [0.25, 0.3) is 0 Å². The van der Waals surface area contributed by atoms with Gasteiger partial charge in [0, 0.05) is 6.04 Å². The second-order valence-electron chi connectivity index (χ2n) is 6.18. The number of nitrogens with one attached hydrogen (secondary N) is 2. The smallest absolute Gasteiger partial charge is 0.323 e. The van der Waals surface area contributed by atoms with Crippen molar-refractivity contribution in [1.29, 1.82) is 0 Å². The van der Waals surface area contributed by atoms with Crippen molar-refractivity contribution < 1.29 is 14.7 Å². The minimum atomic E-state index is -1.00. The molecule has 3 N–H and O–H groups in total. The molecule has 4 fully saturated rings. The Bertz CT molecular complexity index is 341. The van der Waals surface area contributed by atoms with Gasteiger partial charge in [-0.05, 0) is 55.8 Å². The van der Waals surface area contributed by atoms with E-state index >= 15 is 0 Å². The largest absolute Gasteiger partial charge is 0.480 e. The predicted molar refractivity (Wildman–Crippen MR) is 65.0 cm³/mol. The zero-order valence-corrected chi connectivity index (χ0v) is 10.4. The van der Waals surface area contributed by atoms with Crippen LogP contribution in [0.1, 0.15) is 32.1 Å². The third-order valence-corrected chi connectivity index (χ3v) is 4.92. The van der Waals surface area contributed by atoms with Crippen molar-refractivity contribution >= 4 is 12.0 Å². The van der Waals surface area contributed by atoms with Crippen LogP contribution in [0.2, 0.25) is 0 Å². The van der Waals surface area contributed by atoms with E-state index in [0.717, 1.165) is 11.8 Å². The first-order valence-electron chi connectivity index (χ1n) is 6.88. The summed E-state index contributed by atoms with van der Waals surface area (Å²) in [6, 6.07) is -0.0542. The lowest BCUT2D eigenvalue weighted by Gasteiger charge is -2.54. The van der Waals surface area contributed by atoms with Gasteiger partial charge in [0.2, 0.25) is 0 Å². The van der Waals surface area contributed by atoms with Crippen LogP contribution >= 0.6 is 0 Å². The molecule has 0 aliphatic heterocycles. The Balaban J connectivity index is 1.57. The van der Waals surface area contributed by atoms with Gasteiger partial charge < -0.3 is 15.7 Å². The number of carbonyl (C=O) groups excluding carboxylic acids is 1. The quantitative estimate of drug-likeness (QED) is 0.706. The minimum absolute atomic E-state index is 0.270. The summed E-state index contributed by atoms with van der Waals surface area (Å²) in [5.41, 5.74) is 0. The second kappa shape index (κ2) is 4.44. The van der Waals surface area contributed by atoms with E-state index in [9.17, 15) is 9.59 Å². The average Bonchev–Trinajstić information content (AvgIpc) is 2.30. The fourth-order valence-electron chi connectivity index (χ4n) is 4.52. The number of carboxylic acid groups (broad SMARTS) is 1. The Morgan fingerprint density at radius 3 is 2.06 bits per heavy atom. The summed E-state index contributed by atoms with van der Waals surface area (Å²) in [5.74, 6) is 2.00. The van der Waals surface area contributed by atoms with E-state index in [0.29, 0.717) is 11.8 Å². The molecule has 0 heterocycles. The summed E-state index contributed by atoms with van der Waals surface area (Å²) >= 11 is 0. The van der Waals surface area contributed by atoms with Crippen LogP contribution in [-0.4, -0.2) is 29.7 Å². The molecule has 5 heteroatoms. The second-order valence-corrected chi connectivity index (χ2v) is 6.18. The molecule has 0 spiro atoms. The Kier molecular flexibility index (Phi) is 2.92. The van der Waals surface area contributed by atoms with E-state index in [2.05, 4.69) is 10.6 Å². The number of carbonyl (C=O) groups is 2. The number of aliphatic carboxylic acids is 1. The number of hydrogen-bond donors (Lipinski definition) is 3. The molecule has 0 aromatic rings. The van der Waals surface area contributed by atoms with Crippen LogP contribution in [0.15, 0.2) is 0 Å². The van der Waals surface area contributed by atoms with Crippen LogP contribution in [0.3, 0.4) is 0 Å². The molecule has 0 saturated heterocycles. The maximum Gasteiger partial charge on any atom is 0.323 e. The number of rotatable bonds is 3. The Labute approximate surface area is 106 Å². The lowest BCUT2D eigenvalue weighted by atomic mass is 9.54. The average molecular weight is 252 g/mol. The van der Waals surface area contributed by atoms with Gasteiger partial charge in [-0.15, -0.1) is 0 Å². The molecular formula is C13H20N2O3. The monoisotopic (exact) mass is 252 g/mol. The van der Waals surface area contributed by atoms with Gasteiger partial charge in [0.1, 0.15) is 6.54 Å². The molecular weight excluding hydrogens is 232 g/mol. The summed E-state index contributed by atoms with van der Waals surface area (Å²) in [7, 11) is 0. The summed E-state index contributed by atoms with van der Waals surface area (Å²) in [4.78, 5) is 22.1. The molecule has 5 nitrogen and oxygen atoms in total. The zero-order valence-electron chi connectivity index (χ0n) is 10.4. The van der Waals surface area contributed by atoms with Gasteiger partial charge in [-0.25, -0.2) is 4.79 Å². The molecule has 4 bridgehead atoms. The maximum absolute atomic E-state index is 11.7. The normalized spacial score (nSPS) is 40.6. The van der Waals surface area contributed by atoms with Crippen LogP contribution in [0.5, 0.6) is 0 Å². The fraction of sp³-hybridized carbons (Fsp3) is 0.846. The first-order valence-corrected chi connectivity index (χ1v) is 6.88. The fourth-order valence-corrected chi connectivity index (χ4v) is 4.52. The highest BCUT2D eigenvalue weighted by Crippen LogP contribution is 2.53. The van der Waals surface area contributed by atoms with Crippen LogP contribution in [0, 0.1) is 23.7 Å². The SMILES string of the molecule is O=C(O)CNC(=O)NC1C2CC3CC(C2)CC1C3. The van der Waals surface area contributed by atoms with E-state index in [4.69, 9.17) is 5.11 Å². The van der Waals surface area contributed by atoms with Crippen LogP contribution in [0.4, 0.5) is 4.79 Å². The standard InChI is InChI=1S/C13H20N2O3/c16-11(17)6-14-13(18)15-12-9-2-7-1-8(4-9)5-10(12)3-7/h7-10,12H,1-6H2,(H,16,17)(H2,14,15,18). The number of carboxylic acids is 1. The van der Waals surface area contributed by atoms with Crippen molar-refractivity contribution in [3.05, 3.63) is 0 Å². The topological polar surface area (TPSA) is 78.4 Å². The third-order valence-electron chi connectivity index (χ3n) is 4.92. The summed E-state index contributed by atoms with van der Waals surface area (Å²) in [6.07, 6.45) is 6.38. The molecule has 4 aliphatic rings. The number of hydrogen-bond acceptors (Lipinski definition) is 2. The van der Waals surface area contributed by atoms with Gasteiger partial charge in [-0.2, -0.15) is 0 Å². The Hall–Kier alpha value is -1.26. The molecule has 4 aliphatic carbocycles. The molecule has 0 unspecified atom stereocenters. The van der Waals surface area contributed by atoms with E-state index < -0.39 is 5.97 Å². The van der Waals surface area contributed by atoms with E-state index in [1.165, 1.54) is 32.1 Å². The molecule has 4 rings (SSSR count). The van der Waals surface area contributed by atoms with E-state index in [1.54, 1.807) is 0 Å². The van der Waals surface area contributed by atoms with Crippen molar-refractivity contribution in [1.82, 2.24) is 10.6 Å². The van der Waals surface area contributed by atoms with E-state index in [-0.39, 0.29) is 18.6 Å². The molecule has 4 saturated carbocycles. The maximum atomic E-state index is 11.7. The van der Waals surface area contributed by atoms with Crippen molar-refractivity contribution in [2.45, 2.75) is 38.1 Å². The molecule has 100 valence electrons. The third kappa shape index (κ3) is 2.18. The number of amides is 2. The molecule has 0 aromatic heterocycles. The number of urea groups is 1. The van der Waals surface area contributed by atoms with Crippen LogP contribution < -0.4 is 10.6 Å². The first kappa shape index (κ1) is 11.8. The minimum Gasteiger partial charge on any atom is -0.480 e. The van der Waals surface area contributed by atoms with E-state index in [1.807, 2.05) is 0 Å². The Morgan fingerprint density at radius 2 is 1.56 bits per heavy atom. The van der Waals surface area contributed by atoms with Crippen molar-refractivity contribution in [2.24, 2.45) is 23.7 Å². The van der Waals surface area contributed by atoms with Crippen LogP contribution in [0.25, 0.3) is 0 Å². The highest BCUT2D eigenvalue weighted by molar-refractivity contribution is 5.80. The van der Waals surface area contributed by atoms with Gasteiger partial charge in [-0.1, -0.05) is 0 Å². The van der Waals surface area contributed by atoms with Gasteiger partial charge in [0.05, 0.1) is 0 Å². The summed E-state index contributed by atoms with van der Waals surface area (Å²) in [6.45, 7) is -0.306. The summed E-state index contributed by atoms with van der Waals surface area (Å²) in [5, 5.41) is 13.9. The van der Waals surface area contributed by atoms with Crippen molar-refractivity contribution in [3.8, 4) is 0 Å². The molecule has 0 aromatic carbocycles. The van der Waals surface area contributed by atoms with Crippen LogP contribution in [-0.2, 0) is 4.79 Å². The van der Waals surface area contributed by atoms with Gasteiger partial charge in [0.15, 0.2) is 0 Å². The van der Waals surface area contributed by atoms with Crippen molar-refractivity contribution in [2.75, 3.05) is 6.54 Å². The lowest BCUT2D eigenvalue weighted by Crippen LogP contribution is -2.57. The lowest BCUT2D eigenvalue weighted by molar-refractivity contribution is -0.135. The highest BCUT2D eigenvalue weighted by Gasteiger charge is 2.48. The molecule has 18 heavy (non-hydrogen) atoms. The van der Waals surface area contributed by atoms with Crippen molar-refractivity contribution in [3.63, 3.8) is 0 Å². The predicted octanol–water partition coefficient (Wildman–Crippen LogP) is 1.19.